The smallest absolute Gasteiger partial charge is 0.221 e. The van der Waals surface area contributed by atoms with Crippen LogP contribution in [0.5, 0.6) is 0 Å². The highest BCUT2D eigenvalue weighted by Gasteiger charge is 2.22. The lowest BCUT2D eigenvalue weighted by Crippen LogP contribution is -2.13. The van der Waals surface area contributed by atoms with Gasteiger partial charge in [0, 0.05) is 23.5 Å². The average Bonchev–Trinajstić information content (AvgIpc) is 2.80. The molecule has 4 nitrogen and oxygen atoms in total. The van der Waals surface area contributed by atoms with Crippen LogP contribution in [0, 0.1) is 5.92 Å². The fraction of sp³-hybridized carbons (Fsp3) is 0.429. The van der Waals surface area contributed by atoms with Crippen molar-refractivity contribution < 1.29 is 4.79 Å². The van der Waals surface area contributed by atoms with E-state index in [1.54, 1.807) is 11.8 Å². The highest BCUT2D eigenvalue weighted by molar-refractivity contribution is 8.15. The van der Waals surface area contributed by atoms with Gasteiger partial charge in [-0.1, -0.05) is 25.6 Å². The summed E-state index contributed by atoms with van der Waals surface area (Å²) in [4.78, 5) is 15.4. The highest BCUT2D eigenvalue weighted by Crippen LogP contribution is 2.28. The normalized spacial score (nSPS) is 18.3. The second-order valence-corrected chi connectivity index (χ2v) is 6.16. The number of rotatable bonds is 3. The van der Waals surface area contributed by atoms with E-state index < -0.39 is 0 Å². The Morgan fingerprint density at radius 1 is 1.32 bits per heavy atom. The summed E-state index contributed by atoms with van der Waals surface area (Å²) in [5, 5.41) is 7.60. The maximum atomic E-state index is 10.9. The van der Waals surface area contributed by atoms with Crippen molar-refractivity contribution in [2.75, 3.05) is 17.2 Å². The van der Waals surface area contributed by atoms with E-state index in [1.165, 1.54) is 6.92 Å². The number of hydrogen-bond donors (Lipinski definition) is 2. The molecule has 1 unspecified atom stereocenters. The van der Waals surface area contributed by atoms with E-state index in [4.69, 9.17) is 0 Å². The number of carbonyl (C=O) groups is 1. The molecule has 0 fully saturated rings. The van der Waals surface area contributed by atoms with E-state index >= 15 is 0 Å². The third kappa shape index (κ3) is 3.99. The lowest BCUT2D eigenvalue weighted by Gasteiger charge is -2.12. The Morgan fingerprint density at radius 3 is 2.47 bits per heavy atom. The number of amides is 1. The van der Waals surface area contributed by atoms with E-state index in [0.717, 1.165) is 23.1 Å². The van der Waals surface area contributed by atoms with E-state index in [-0.39, 0.29) is 5.91 Å². The van der Waals surface area contributed by atoms with Crippen molar-refractivity contribution in [1.29, 1.82) is 0 Å². The monoisotopic (exact) mass is 277 g/mol. The van der Waals surface area contributed by atoms with Crippen LogP contribution in [0.2, 0.25) is 0 Å². The van der Waals surface area contributed by atoms with Crippen molar-refractivity contribution >= 4 is 34.2 Å². The van der Waals surface area contributed by atoms with Gasteiger partial charge in [-0.05, 0) is 30.2 Å². The molecule has 1 aromatic rings. The van der Waals surface area contributed by atoms with Crippen molar-refractivity contribution in [1.82, 2.24) is 0 Å². The first-order chi connectivity index (χ1) is 9.04. The summed E-state index contributed by atoms with van der Waals surface area (Å²) in [6, 6.07) is 7.64. The van der Waals surface area contributed by atoms with E-state index in [2.05, 4.69) is 29.5 Å². The second-order valence-electron chi connectivity index (χ2n) is 4.93. The Labute approximate surface area is 118 Å². The molecule has 0 aromatic heterocycles. The van der Waals surface area contributed by atoms with Crippen LogP contribution in [0.3, 0.4) is 0 Å². The van der Waals surface area contributed by atoms with Crippen LogP contribution in [-0.4, -0.2) is 22.9 Å². The summed E-state index contributed by atoms with van der Waals surface area (Å²) in [6.07, 6.45) is 0. The highest BCUT2D eigenvalue weighted by atomic mass is 32.2. The molecule has 0 radical (unpaired) electrons. The Balaban J connectivity index is 1.92. The zero-order valence-corrected chi connectivity index (χ0v) is 12.3. The molecule has 0 spiro atoms. The number of carbonyl (C=O) groups excluding carboxylic acids is 1. The van der Waals surface area contributed by atoms with E-state index in [0.29, 0.717) is 11.2 Å². The molecule has 0 aliphatic carbocycles. The molecule has 0 saturated carbocycles. The summed E-state index contributed by atoms with van der Waals surface area (Å²) in [7, 11) is 0. The van der Waals surface area contributed by atoms with Crippen LogP contribution in [0.15, 0.2) is 29.3 Å². The van der Waals surface area contributed by atoms with Gasteiger partial charge >= 0.3 is 0 Å². The predicted molar refractivity (Wildman–Crippen MR) is 82.9 cm³/mol. The molecule has 2 rings (SSSR count). The molecule has 0 saturated heterocycles. The standard InChI is InChI=1S/C14H19N3OS/c1-9(2)13-8-15-14(19-13)17-12-6-4-11(5-7-12)16-10(3)18/h4-7,9,13H,8H2,1-3H3,(H,15,17)(H,16,18). The molecule has 1 aliphatic heterocycles. The largest absolute Gasteiger partial charge is 0.335 e. The van der Waals surface area contributed by atoms with Crippen LogP contribution < -0.4 is 10.6 Å². The second kappa shape index (κ2) is 6.10. The summed E-state index contributed by atoms with van der Waals surface area (Å²) in [6.45, 7) is 6.83. The van der Waals surface area contributed by atoms with Gasteiger partial charge in [0.05, 0.1) is 6.54 Å². The molecule has 1 atom stereocenters. The third-order valence-electron chi connectivity index (χ3n) is 2.88. The van der Waals surface area contributed by atoms with Crippen LogP contribution in [0.1, 0.15) is 20.8 Å². The van der Waals surface area contributed by atoms with Crippen molar-refractivity contribution in [3.8, 4) is 0 Å². The molecule has 1 amide bonds. The van der Waals surface area contributed by atoms with Gasteiger partial charge in [-0.15, -0.1) is 0 Å². The molecule has 19 heavy (non-hydrogen) atoms. The summed E-state index contributed by atoms with van der Waals surface area (Å²) >= 11 is 1.80. The predicted octanol–water partition coefficient (Wildman–Crippen LogP) is 3.18. The maximum Gasteiger partial charge on any atom is 0.221 e. The molecule has 1 heterocycles. The molecule has 5 heteroatoms. The Hall–Kier alpha value is -1.49. The zero-order chi connectivity index (χ0) is 13.8. The van der Waals surface area contributed by atoms with Crippen LogP contribution in [-0.2, 0) is 4.79 Å². The van der Waals surface area contributed by atoms with Gasteiger partial charge in [-0.3, -0.25) is 9.79 Å². The maximum absolute atomic E-state index is 10.9. The Kier molecular flexibility index (Phi) is 4.47. The molecule has 2 N–H and O–H groups in total. The van der Waals surface area contributed by atoms with Gasteiger partial charge in [0.2, 0.25) is 5.91 Å². The fourth-order valence-corrected chi connectivity index (χ4v) is 2.80. The van der Waals surface area contributed by atoms with E-state index in [9.17, 15) is 4.79 Å². The van der Waals surface area contributed by atoms with Crippen molar-refractivity contribution in [2.24, 2.45) is 10.9 Å². The fourth-order valence-electron chi connectivity index (χ4n) is 1.77. The van der Waals surface area contributed by atoms with Crippen LogP contribution in [0.25, 0.3) is 0 Å². The van der Waals surface area contributed by atoms with Crippen LogP contribution >= 0.6 is 11.8 Å². The Bertz CT molecular complexity index is 482. The number of aliphatic imine (C=N–C) groups is 1. The number of thioether (sulfide) groups is 1. The number of amidine groups is 1. The number of hydrogen-bond acceptors (Lipinski definition) is 4. The third-order valence-corrected chi connectivity index (χ3v) is 4.33. The van der Waals surface area contributed by atoms with Gasteiger partial charge in [0.25, 0.3) is 0 Å². The lowest BCUT2D eigenvalue weighted by molar-refractivity contribution is -0.114. The van der Waals surface area contributed by atoms with Gasteiger partial charge in [0.1, 0.15) is 0 Å². The number of anilines is 2. The summed E-state index contributed by atoms with van der Waals surface area (Å²) in [5.74, 6) is 0.575. The van der Waals surface area contributed by atoms with Crippen molar-refractivity contribution in [2.45, 2.75) is 26.0 Å². The average molecular weight is 277 g/mol. The lowest BCUT2D eigenvalue weighted by atomic mass is 10.1. The summed E-state index contributed by atoms with van der Waals surface area (Å²) < 4.78 is 0. The molecule has 1 aromatic carbocycles. The first kappa shape index (κ1) is 13.9. The molecule has 102 valence electrons. The van der Waals surface area contributed by atoms with E-state index in [1.807, 2.05) is 24.3 Å². The number of benzene rings is 1. The van der Waals surface area contributed by atoms with Gasteiger partial charge < -0.3 is 10.6 Å². The first-order valence-electron chi connectivity index (χ1n) is 6.40. The number of nitrogens with zero attached hydrogens (tertiary/aromatic N) is 1. The summed E-state index contributed by atoms with van der Waals surface area (Å²) in [5.41, 5.74) is 1.80. The molecule has 1 aliphatic rings. The quantitative estimate of drug-likeness (QED) is 0.892. The molecular formula is C14H19N3OS. The first-order valence-corrected chi connectivity index (χ1v) is 7.28. The van der Waals surface area contributed by atoms with Gasteiger partial charge in [0.15, 0.2) is 5.17 Å². The van der Waals surface area contributed by atoms with Crippen molar-refractivity contribution in [3.05, 3.63) is 24.3 Å². The van der Waals surface area contributed by atoms with Crippen LogP contribution in [0.4, 0.5) is 11.4 Å². The minimum absolute atomic E-state index is 0.0591. The topological polar surface area (TPSA) is 53.5 Å². The van der Waals surface area contributed by atoms with Gasteiger partial charge in [-0.2, -0.15) is 0 Å². The SMILES string of the molecule is CC(=O)Nc1ccc(NC2=NCC(C(C)C)S2)cc1. The minimum Gasteiger partial charge on any atom is -0.335 e. The molecular weight excluding hydrogens is 258 g/mol. The Morgan fingerprint density at radius 2 is 1.95 bits per heavy atom. The zero-order valence-electron chi connectivity index (χ0n) is 11.4. The minimum atomic E-state index is -0.0591. The number of nitrogens with one attached hydrogen (secondary N) is 2. The molecule has 0 bridgehead atoms. The van der Waals surface area contributed by atoms with Crippen molar-refractivity contribution in [3.63, 3.8) is 0 Å². The van der Waals surface area contributed by atoms with Gasteiger partial charge in [-0.25, -0.2) is 0 Å².